The molecule has 1 saturated carbocycles. The van der Waals surface area contributed by atoms with Crippen molar-refractivity contribution in [1.82, 2.24) is 19.1 Å². The van der Waals surface area contributed by atoms with Crippen molar-refractivity contribution in [3.63, 3.8) is 0 Å². The molecule has 2 N–H and O–H groups in total. The zero-order valence-corrected chi connectivity index (χ0v) is 13.2. The summed E-state index contributed by atoms with van der Waals surface area (Å²) >= 11 is 0. The highest BCUT2D eigenvalue weighted by atomic mass is 32.2. The van der Waals surface area contributed by atoms with Gasteiger partial charge >= 0.3 is 0 Å². The molecule has 0 unspecified atom stereocenters. The Balaban J connectivity index is 1.66. The zero-order valence-electron chi connectivity index (χ0n) is 12.4. The zero-order chi connectivity index (χ0) is 15.7. The fourth-order valence-corrected chi connectivity index (χ4v) is 4.50. The molecule has 8 nitrogen and oxygen atoms in total. The molecule has 1 amide bonds. The van der Waals surface area contributed by atoms with E-state index < -0.39 is 15.9 Å². The number of primary amides is 1. The number of aromatic nitrogens is 3. The molecule has 2 aliphatic rings. The fourth-order valence-electron chi connectivity index (χ4n) is 2.80. The highest BCUT2D eigenvalue weighted by Crippen LogP contribution is 2.33. The van der Waals surface area contributed by atoms with Gasteiger partial charge in [-0.05, 0) is 25.2 Å². The lowest BCUT2D eigenvalue weighted by atomic mass is 10.1. The Bertz CT molecular complexity index is 652. The first kappa shape index (κ1) is 15.4. The van der Waals surface area contributed by atoms with Crippen LogP contribution >= 0.6 is 0 Å². The molecule has 1 saturated heterocycles. The van der Waals surface area contributed by atoms with Crippen molar-refractivity contribution >= 4 is 15.9 Å². The van der Waals surface area contributed by atoms with Crippen molar-refractivity contribution in [1.29, 1.82) is 0 Å². The van der Waals surface area contributed by atoms with Crippen LogP contribution in [0.5, 0.6) is 0 Å². The molecule has 0 bridgehead atoms. The Hall–Kier alpha value is -1.48. The number of sulfonamides is 1. The summed E-state index contributed by atoms with van der Waals surface area (Å²) < 4.78 is 27.9. The Morgan fingerprint density at radius 3 is 2.77 bits per heavy atom. The average Bonchev–Trinajstić information content (AvgIpc) is 3.19. The molecule has 1 aromatic rings. The van der Waals surface area contributed by atoms with Crippen LogP contribution in [0.1, 0.15) is 48.8 Å². The van der Waals surface area contributed by atoms with Crippen molar-refractivity contribution in [2.24, 2.45) is 11.7 Å². The number of nitrogens with two attached hydrogens (primary N) is 1. The van der Waals surface area contributed by atoms with Gasteiger partial charge in [-0.2, -0.15) is 4.31 Å². The molecule has 1 atom stereocenters. The second-order valence-electron chi connectivity index (χ2n) is 6.11. The largest absolute Gasteiger partial charge is 0.363 e. The van der Waals surface area contributed by atoms with E-state index in [2.05, 4.69) is 10.1 Å². The standard InChI is InChI=1S/C13H21N5O3S/c14-12(19)13-15-9-18(16-13)11-2-1-6-17(8-11)22(20,21)7-5-10-3-4-10/h9-11H,1-8H2,(H2,14,19)/t11-/m0/s1. The van der Waals surface area contributed by atoms with Gasteiger partial charge in [0.15, 0.2) is 0 Å². The summed E-state index contributed by atoms with van der Waals surface area (Å²) in [6.07, 6.45) is 6.12. The Kier molecular flexibility index (Phi) is 4.18. The maximum Gasteiger partial charge on any atom is 0.288 e. The number of hydrogen-bond acceptors (Lipinski definition) is 5. The lowest BCUT2D eigenvalue weighted by molar-refractivity contribution is 0.0989. The molecular formula is C13H21N5O3S. The maximum atomic E-state index is 12.4. The number of carbonyl (C=O) groups excluding carboxylic acids is 1. The molecule has 22 heavy (non-hydrogen) atoms. The molecule has 2 fully saturated rings. The summed E-state index contributed by atoms with van der Waals surface area (Å²) in [5.41, 5.74) is 5.14. The first-order chi connectivity index (χ1) is 10.5. The third kappa shape index (κ3) is 3.46. The van der Waals surface area contributed by atoms with Gasteiger partial charge in [-0.3, -0.25) is 4.79 Å². The first-order valence-corrected chi connectivity index (χ1v) is 9.25. The highest BCUT2D eigenvalue weighted by Gasteiger charge is 2.32. The third-order valence-corrected chi connectivity index (χ3v) is 6.21. The molecule has 1 aliphatic carbocycles. The van der Waals surface area contributed by atoms with Crippen LogP contribution < -0.4 is 5.73 Å². The molecule has 0 spiro atoms. The monoisotopic (exact) mass is 327 g/mol. The van der Waals surface area contributed by atoms with Gasteiger partial charge in [-0.15, -0.1) is 5.10 Å². The van der Waals surface area contributed by atoms with Gasteiger partial charge in [-0.25, -0.2) is 18.1 Å². The highest BCUT2D eigenvalue weighted by molar-refractivity contribution is 7.89. The van der Waals surface area contributed by atoms with E-state index >= 15 is 0 Å². The normalized spacial score (nSPS) is 23.5. The molecule has 0 aromatic carbocycles. The molecule has 3 rings (SSSR count). The maximum absolute atomic E-state index is 12.4. The van der Waals surface area contributed by atoms with E-state index in [0.717, 1.165) is 32.1 Å². The van der Waals surface area contributed by atoms with Gasteiger partial charge in [0.1, 0.15) is 6.33 Å². The summed E-state index contributed by atoms with van der Waals surface area (Å²) in [7, 11) is -3.21. The van der Waals surface area contributed by atoms with Crippen LogP contribution in [0.3, 0.4) is 0 Å². The van der Waals surface area contributed by atoms with Gasteiger partial charge in [0.05, 0.1) is 11.8 Å². The molecule has 1 aromatic heterocycles. The Morgan fingerprint density at radius 1 is 1.36 bits per heavy atom. The molecule has 0 radical (unpaired) electrons. The lowest BCUT2D eigenvalue weighted by Gasteiger charge is -2.31. The van der Waals surface area contributed by atoms with Crippen molar-refractivity contribution in [3.05, 3.63) is 12.2 Å². The number of piperidine rings is 1. The Labute approximate surface area is 129 Å². The van der Waals surface area contributed by atoms with E-state index in [4.69, 9.17) is 5.73 Å². The molecule has 2 heterocycles. The predicted octanol–water partition coefficient (Wildman–Crippen LogP) is 0.144. The Morgan fingerprint density at radius 2 is 2.14 bits per heavy atom. The SMILES string of the molecule is NC(=O)c1ncn([C@H]2CCCN(S(=O)(=O)CCC3CC3)C2)n1. The summed E-state index contributed by atoms with van der Waals surface area (Å²) in [5.74, 6) is 0.120. The molecule has 122 valence electrons. The van der Waals surface area contributed by atoms with Crippen LogP contribution in [-0.2, 0) is 10.0 Å². The van der Waals surface area contributed by atoms with Crippen LogP contribution in [0, 0.1) is 5.92 Å². The summed E-state index contributed by atoms with van der Waals surface area (Å²) in [6, 6.07) is -0.0925. The van der Waals surface area contributed by atoms with E-state index in [9.17, 15) is 13.2 Å². The van der Waals surface area contributed by atoms with Crippen molar-refractivity contribution in [2.75, 3.05) is 18.8 Å². The van der Waals surface area contributed by atoms with Gasteiger partial charge in [0, 0.05) is 13.1 Å². The van der Waals surface area contributed by atoms with Crippen LogP contribution in [0.4, 0.5) is 0 Å². The average molecular weight is 327 g/mol. The van der Waals surface area contributed by atoms with Gasteiger partial charge in [0.25, 0.3) is 5.91 Å². The summed E-state index contributed by atoms with van der Waals surface area (Å²) in [4.78, 5) is 14.9. The molecular weight excluding hydrogens is 306 g/mol. The fraction of sp³-hybridized carbons (Fsp3) is 0.769. The number of hydrogen-bond donors (Lipinski definition) is 1. The van der Waals surface area contributed by atoms with Crippen molar-refractivity contribution in [3.8, 4) is 0 Å². The van der Waals surface area contributed by atoms with Crippen molar-refractivity contribution < 1.29 is 13.2 Å². The third-order valence-electron chi connectivity index (χ3n) is 4.34. The molecule has 1 aliphatic heterocycles. The van der Waals surface area contributed by atoms with E-state index in [1.54, 1.807) is 8.99 Å². The van der Waals surface area contributed by atoms with E-state index in [1.165, 1.54) is 6.33 Å². The first-order valence-electron chi connectivity index (χ1n) is 7.64. The second-order valence-corrected chi connectivity index (χ2v) is 8.20. The topological polar surface area (TPSA) is 111 Å². The lowest BCUT2D eigenvalue weighted by Crippen LogP contribution is -2.42. The smallest absolute Gasteiger partial charge is 0.288 e. The van der Waals surface area contributed by atoms with Gasteiger partial charge < -0.3 is 5.73 Å². The summed E-state index contributed by atoms with van der Waals surface area (Å²) in [5, 5.41) is 4.04. The van der Waals surface area contributed by atoms with Gasteiger partial charge in [0.2, 0.25) is 15.8 Å². The minimum atomic E-state index is -3.21. The van der Waals surface area contributed by atoms with Crippen LogP contribution in [0.15, 0.2) is 6.33 Å². The van der Waals surface area contributed by atoms with E-state index in [0.29, 0.717) is 19.0 Å². The van der Waals surface area contributed by atoms with Crippen molar-refractivity contribution in [2.45, 2.75) is 38.1 Å². The van der Waals surface area contributed by atoms with Crippen LogP contribution in [0.25, 0.3) is 0 Å². The summed E-state index contributed by atoms with van der Waals surface area (Å²) in [6.45, 7) is 0.940. The van der Waals surface area contributed by atoms with E-state index in [-0.39, 0.29) is 17.6 Å². The van der Waals surface area contributed by atoms with Gasteiger partial charge in [-0.1, -0.05) is 12.8 Å². The number of carbonyl (C=O) groups is 1. The minimum Gasteiger partial charge on any atom is -0.363 e. The molecule has 9 heteroatoms. The minimum absolute atomic E-state index is 0.0336. The number of nitrogens with zero attached hydrogens (tertiary/aromatic N) is 4. The van der Waals surface area contributed by atoms with E-state index in [1.807, 2.05) is 0 Å². The second kappa shape index (κ2) is 5.96. The number of amides is 1. The quantitative estimate of drug-likeness (QED) is 0.799. The van der Waals surface area contributed by atoms with Crippen LogP contribution in [0.2, 0.25) is 0 Å². The number of rotatable bonds is 6. The predicted molar refractivity (Wildman–Crippen MR) is 79.5 cm³/mol. The van der Waals surface area contributed by atoms with Crippen LogP contribution in [-0.4, -0.2) is 52.2 Å².